The lowest BCUT2D eigenvalue weighted by Crippen LogP contribution is -2.14. The van der Waals surface area contributed by atoms with Crippen LogP contribution in [0.25, 0.3) is 104 Å². The average molecular weight is 773 g/mol. The summed E-state index contributed by atoms with van der Waals surface area (Å²) in [5, 5.41) is 5.05. The van der Waals surface area contributed by atoms with Crippen LogP contribution in [0.15, 0.2) is 182 Å². The maximum atomic E-state index is 4.98. The van der Waals surface area contributed by atoms with Crippen molar-refractivity contribution >= 4 is 53.3 Å². The van der Waals surface area contributed by atoms with Crippen LogP contribution in [-0.2, 0) is 5.41 Å². The van der Waals surface area contributed by atoms with Crippen molar-refractivity contribution in [2.45, 2.75) is 19.3 Å². The fourth-order valence-corrected chi connectivity index (χ4v) is 10.4. The molecular weight excluding hydrogens is 737 g/mol. The second kappa shape index (κ2) is 12.9. The van der Waals surface area contributed by atoms with Crippen molar-refractivity contribution in [3.8, 4) is 62.1 Å². The first-order chi connectivity index (χ1) is 29.0. The molecular formula is C54H36N4S. The zero-order valence-corrected chi connectivity index (χ0v) is 33.3. The first-order valence-corrected chi connectivity index (χ1v) is 20.9. The minimum Gasteiger partial charge on any atom is -0.309 e. The van der Waals surface area contributed by atoms with E-state index in [9.17, 15) is 0 Å². The standard InChI is InChI=1S/C54H36N4S/c1-54(2)45-19-11-9-17-39(45)42-31-43-40-18-10-12-20-47(40)58(48(43)32-46(42)54)38-25-21-33(22-26-38)36-24-28-49-44(29-36)41-27-23-37(30-50(41)59-49)53-56-51(34-13-5-3-6-14-34)55-52(57-53)35-15-7-4-8-16-35/h3-32H,1-2H3. The summed E-state index contributed by atoms with van der Waals surface area (Å²) in [6, 6.07) is 65.4. The zero-order valence-electron chi connectivity index (χ0n) is 32.5. The molecule has 12 rings (SSSR count). The highest BCUT2D eigenvalue weighted by atomic mass is 32.1. The van der Waals surface area contributed by atoms with Crippen LogP contribution in [0.4, 0.5) is 0 Å². The Labute approximate surface area is 345 Å². The summed E-state index contributed by atoms with van der Waals surface area (Å²) in [5.74, 6) is 2.00. The van der Waals surface area contributed by atoms with E-state index in [1.54, 1.807) is 0 Å². The number of nitrogens with zero attached hydrogens (tertiary/aromatic N) is 4. The normalized spacial score (nSPS) is 13.1. The van der Waals surface area contributed by atoms with Gasteiger partial charge in [-0.3, -0.25) is 0 Å². The molecule has 5 heteroatoms. The largest absolute Gasteiger partial charge is 0.309 e. The quantitative estimate of drug-likeness (QED) is 0.175. The molecule has 0 amide bonds. The Balaban J connectivity index is 0.920. The van der Waals surface area contributed by atoms with Crippen LogP contribution in [0.1, 0.15) is 25.0 Å². The minimum atomic E-state index is -0.0676. The van der Waals surface area contributed by atoms with Crippen molar-refractivity contribution in [1.82, 2.24) is 19.5 Å². The Morgan fingerprint density at radius 1 is 0.390 bits per heavy atom. The maximum Gasteiger partial charge on any atom is 0.164 e. The van der Waals surface area contributed by atoms with E-state index in [0.29, 0.717) is 17.5 Å². The lowest BCUT2D eigenvalue weighted by Gasteiger charge is -2.21. The Morgan fingerprint density at radius 3 is 1.76 bits per heavy atom. The number of aromatic nitrogens is 4. The summed E-state index contributed by atoms with van der Waals surface area (Å²) in [7, 11) is 0. The molecule has 0 atom stereocenters. The van der Waals surface area contributed by atoms with Gasteiger partial charge in [0.2, 0.25) is 0 Å². The summed E-state index contributed by atoms with van der Waals surface area (Å²) in [5.41, 5.74) is 14.3. The topological polar surface area (TPSA) is 43.6 Å². The molecule has 11 aromatic rings. The molecule has 0 N–H and O–H groups in total. The van der Waals surface area contributed by atoms with Gasteiger partial charge in [-0.05, 0) is 81.9 Å². The van der Waals surface area contributed by atoms with Gasteiger partial charge in [0.1, 0.15) is 0 Å². The smallest absolute Gasteiger partial charge is 0.164 e. The van der Waals surface area contributed by atoms with Crippen molar-refractivity contribution in [1.29, 1.82) is 0 Å². The third-order valence-electron chi connectivity index (χ3n) is 12.3. The van der Waals surface area contributed by atoms with Crippen LogP contribution in [0.2, 0.25) is 0 Å². The predicted molar refractivity (Wildman–Crippen MR) is 246 cm³/mol. The first kappa shape index (κ1) is 33.9. The summed E-state index contributed by atoms with van der Waals surface area (Å²) < 4.78 is 4.90. The van der Waals surface area contributed by atoms with Crippen LogP contribution in [0.3, 0.4) is 0 Å². The lowest BCUT2D eigenvalue weighted by atomic mass is 9.82. The number of thiophene rings is 1. The SMILES string of the molecule is CC1(C)c2ccccc2-c2cc3c4ccccc4n(-c4ccc(-c5ccc6sc7cc(-c8nc(-c9ccccc9)nc(-c9ccccc9)n8)ccc7c6c5)cc4)c3cc21. The predicted octanol–water partition coefficient (Wildman–Crippen LogP) is 14.3. The van der Waals surface area contributed by atoms with Gasteiger partial charge in [-0.25, -0.2) is 15.0 Å². The molecule has 0 spiro atoms. The Bertz CT molecular complexity index is 3390. The summed E-state index contributed by atoms with van der Waals surface area (Å²) in [6.07, 6.45) is 0. The Morgan fingerprint density at radius 2 is 1.02 bits per heavy atom. The molecule has 278 valence electrons. The Kier molecular flexibility index (Phi) is 7.41. The highest BCUT2D eigenvalue weighted by Gasteiger charge is 2.36. The molecule has 0 saturated carbocycles. The van der Waals surface area contributed by atoms with Crippen molar-refractivity contribution in [3.63, 3.8) is 0 Å². The number of benzene rings is 8. The van der Waals surface area contributed by atoms with Crippen LogP contribution < -0.4 is 0 Å². The number of fused-ring (bicyclic) bond motifs is 9. The van der Waals surface area contributed by atoms with Gasteiger partial charge in [0.05, 0.1) is 11.0 Å². The van der Waals surface area contributed by atoms with Gasteiger partial charge >= 0.3 is 0 Å². The molecule has 0 radical (unpaired) electrons. The van der Waals surface area contributed by atoms with Gasteiger partial charge in [-0.15, -0.1) is 11.3 Å². The van der Waals surface area contributed by atoms with E-state index < -0.39 is 0 Å². The monoisotopic (exact) mass is 772 g/mol. The van der Waals surface area contributed by atoms with Gasteiger partial charge in [-0.1, -0.05) is 147 Å². The van der Waals surface area contributed by atoms with E-state index >= 15 is 0 Å². The second-order valence-electron chi connectivity index (χ2n) is 16.0. The van der Waals surface area contributed by atoms with Crippen LogP contribution in [0, 0.1) is 0 Å². The third kappa shape index (κ3) is 5.32. The zero-order chi connectivity index (χ0) is 39.2. The fourth-order valence-electron chi connectivity index (χ4n) is 9.28. The van der Waals surface area contributed by atoms with E-state index in [1.807, 2.05) is 72.0 Å². The molecule has 1 aliphatic rings. The third-order valence-corrected chi connectivity index (χ3v) is 13.4. The van der Waals surface area contributed by atoms with E-state index in [1.165, 1.54) is 75.4 Å². The fraction of sp³-hybridized carbons (Fsp3) is 0.0556. The summed E-state index contributed by atoms with van der Waals surface area (Å²) >= 11 is 1.81. The Hall–Kier alpha value is -7.21. The summed E-state index contributed by atoms with van der Waals surface area (Å²) in [4.78, 5) is 14.9. The molecule has 0 unspecified atom stereocenters. The first-order valence-electron chi connectivity index (χ1n) is 20.1. The van der Waals surface area contributed by atoms with Crippen molar-refractivity contribution in [2.24, 2.45) is 0 Å². The van der Waals surface area contributed by atoms with Crippen molar-refractivity contribution < 1.29 is 0 Å². The van der Waals surface area contributed by atoms with Gasteiger partial charge in [0.15, 0.2) is 17.5 Å². The molecule has 1 aliphatic carbocycles. The van der Waals surface area contributed by atoms with Crippen molar-refractivity contribution in [2.75, 3.05) is 0 Å². The highest BCUT2D eigenvalue weighted by Crippen LogP contribution is 2.51. The van der Waals surface area contributed by atoms with E-state index in [0.717, 1.165) is 22.4 Å². The van der Waals surface area contributed by atoms with E-state index in [2.05, 4.69) is 140 Å². The van der Waals surface area contributed by atoms with Gasteiger partial charge in [-0.2, -0.15) is 0 Å². The number of hydrogen-bond acceptors (Lipinski definition) is 4. The molecule has 8 aromatic carbocycles. The molecule has 59 heavy (non-hydrogen) atoms. The molecule has 4 nitrogen and oxygen atoms in total. The van der Waals surface area contributed by atoms with E-state index in [4.69, 9.17) is 15.0 Å². The molecule has 3 aromatic heterocycles. The van der Waals surface area contributed by atoms with Gasteiger partial charge < -0.3 is 4.57 Å². The summed E-state index contributed by atoms with van der Waals surface area (Å²) in [6.45, 7) is 4.71. The maximum absolute atomic E-state index is 4.98. The lowest BCUT2D eigenvalue weighted by molar-refractivity contribution is 0.661. The molecule has 0 saturated heterocycles. The van der Waals surface area contributed by atoms with Gasteiger partial charge in [0.25, 0.3) is 0 Å². The van der Waals surface area contributed by atoms with Crippen LogP contribution in [0.5, 0.6) is 0 Å². The molecule has 3 heterocycles. The van der Waals surface area contributed by atoms with Crippen LogP contribution in [-0.4, -0.2) is 19.5 Å². The molecule has 0 aliphatic heterocycles. The van der Waals surface area contributed by atoms with Crippen LogP contribution >= 0.6 is 11.3 Å². The highest BCUT2D eigenvalue weighted by molar-refractivity contribution is 7.25. The van der Waals surface area contributed by atoms with Crippen molar-refractivity contribution in [3.05, 3.63) is 193 Å². The second-order valence-corrected chi connectivity index (χ2v) is 17.1. The molecule has 0 bridgehead atoms. The minimum absolute atomic E-state index is 0.0676. The number of para-hydroxylation sites is 1. The average Bonchev–Trinajstić information content (AvgIpc) is 3.90. The number of hydrogen-bond donors (Lipinski definition) is 0. The number of rotatable bonds is 5. The molecule has 0 fully saturated rings. The van der Waals surface area contributed by atoms with E-state index in [-0.39, 0.29) is 5.41 Å². The van der Waals surface area contributed by atoms with Gasteiger partial charge in [0, 0.05) is 58.7 Å².